The summed E-state index contributed by atoms with van der Waals surface area (Å²) in [6, 6.07) is 27.3. The van der Waals surface area contributed by atoms with Crippen molar-refractivity contribution >= 4 is 51.7 Å². The number of fused-ring (bicyclic) bond motifs is 5. The Bertz CT molecular complexity index is 2010. The average Bonchev–Trinajstić information content (AvgIpc) is 3.46. The van der Waals surface area contributed by atoms with Gasteiger partial charge in [0, 0.05) is 28.4 Å². The van der Waals surface area contributed by atoms with Crippen LogP contribution in [-0.4, -0.2) is 40.2 Å². The number of carbonyl (C=O) groups excluding carboxylic acids is 4. The molecule has 4 aromatic rings. The normalized spacial score (nSPS) is 28.7. The maximum atomic E-state index is 15.3. The Morgan fingerprint density at radius 2 is 1.61 bits per heavy atom. The van der Waals surface area contributed by atoms with E-state index in [0.29, 0.717) is 33.6 Å². The van der Waals surface area contributed by atoms with Gasteiger partial charge in [-0.3, -0.25) is 24.1 Å². The summed E-state index contributed by atoms with van der Waals surface area (Å²) in [6.45, 7) is 2.07. The van der Waals surface area contributed by atoms with Gasteiger partial charge in [-0.2, -0.15) is 0 Å². The van der Waals surface area contributed by atoms with E-state index in [1.165, 1.54) is 9.80 Å². The van der Waals surface area contributed by atoms with Crippen molar-refractivity contribution in [1.82, 2.24) is 4.90 Å². The Morgan fingerprint density at radius 1 is 0.848 bits per heavy atom. The van der Waals surface area contributed by atoms with Crippen LogP contribution in [0.15, 0.2) is 103 Å². The minimum absolute atomic E-state index is 0.0336. The second-order valence-corrected chi connectivity index (χ2v) is 13.2. The molecule has 2 aliphatic carbocycles. The van der Waals surface area contributed by atoms with Crippen LogP contribution in [0, 0.1) is 23.7 Å². The molecule has 1 N–H and O–H groups in total. The molecule has 4 amide bonds. The minimum atomic E-state index is -1.44. The Hall–Kier alpha value is -4.75. The van der Waals surface area contributed by atoms with E-state index in [9.17, 15) is 19.5 Å². The molecule has 4 aromatic carbocycles. The van der Waals surface area contributed by atoms with Crippen LogP contribution in [0.2, 0.25) is 5.02 Å². The molecule has 7 nitrogen and oxygen atoms in total. The van der Waals surface area contributed by atoms with E-state index in [1.807, 2.05) is 72.8 Å². The zero-order valence-corrected chi connectivity index (χ0v) is 25.9. The van der Waals surface area contributed by atoms with Crippen LogP contribution in [0.25, 0.3) is 10.8 Å². The van der Waals surface area contributed by atoms with Crippen molar-refractivity contribution < 1.29 is 24.3 Å². The molecular formula is C38H31ClN2O5. The molecule has 0 aromatic heterocycles. The first-order valence-electron chi connectivity index (χ1n) is 15.7. The van der Waals surface area contributed by atoms with E-state index in [0.717, 1.165) is 11.0 Å². The van der Waals surface area contributed by atoms with Crippen molar-refractivity contribution in [2.24, 2.45) is 23.7 Å². The summed E-state index contributed by atoms with van der Waals surface area (Å²) < 4.78 is 0. The fourth-order valence-corrected chi connectivity index (χ4v) is 9.15. The highest BCUT2D eigenvalue weighted by atomic mass is 35.5. The van der Waals surface area contributed by atoms with E-state index in [2.05, 4.69) is 0 Å². The number of benzene rings is 4. The molecule has 3 fully saturated rings. The van der Waals surface area contributed by atoms with Crippen molar-refractivity contribution in [3.63, 3.8) is 0 Å². The molecule has 2 saturated heterocycles. The summed E-state index contributed by atoms with van der Waals surface area (Å²) in [7, 11) is 0. The van der Waals surface area contributed by atoms with E-state index in [4.69, 9.17) is 11.6 Å². The lowest BCUT2D eigenvalue weighted by Crippen LogP contribution is -2.53. The van der Waals surface area contributed by atoms with Gasteiger partial charge in [0.15, 0.2) is 0 Å². The molecule has 0 bridgehead atoms. The molecular weight excluding hydrogens is 600 g/mol. The predicted octanol–water partition coefficient (Wildman–Crippen LogP) is 6.38. The second kappa shape index (κ2) is 10.4. The predicted molar refractivity (Wildman–Crippen MR) is 174 cm³/mol. The van der Waals surface area contributed by atoms with E-state index in [-0.39, 0.29) is 36.4 Å². The molecule has 0 spiro atoms. The third-order valence-electron chi connectivity index (χ3n) is 10.8. The van der Waals surface area contributed by atoms with E-state index in [1.54, 1.807) is 31.2 Å². The van der Waals surface area contributed by atoms with Gasteiger partial charge < -0.3 is 5.11 Å². The van der Waals surface area contributed by atoms with Gasteiger partial charge in [-0.15, -0.1) is 0 Å². The summed E-state index contributed by atoms with van der Waals surface area (Å²) >= 11 is 6.38. The molecule has 1 saturated carbocycles. The third kappa shape index (κ3) is 3.72. The summed E-state index contributed by atoms with van der Waals surface area (Å²) in [4.78, 5) is 59.9. The summed E-state index contributed by atoms with van der Waals surface area (Å²) in [5, 5.41) is 13.9. The standard InChI is InChI=1S/C38H31ClN2O5/c1-2-40-34(43)27-18-17-26-29(31(27)36(40)45)20-30-35(44)41(24-13-8-12-23(39)19-24)37(46)38(30,22-10-4-3-5-11-22)32(26)28-16-15-21-9-6-7-14-25(21)33(28)42/h3-17,19,27,29-32,42H,2,18,20H2,1H3/t27-,29+,30-,31-,32+,38+/m0/s1. The van der Waals surface area contributed by atoms with Crippen LogP contribution in [-0.2, 0) is 24.6 Å². The number of imide groups is 2. The molecule has 230 valence electrons. The Labute approximate surface area is 271 Å². The Kier molecular flexibility index (Phi) is 6.48. The fraction of sp³-hybridized carbons (Fsp3) is 0.263. The molecule has 2 heterocycles. The lowest BCUT2D eigenvalue weighted by Gasteiger charge is -2.50. The van der Waals surface area contributed by atoms with Crippen LogP contribution >= 0.6 is 11.6 Å². The van der Waals surface area contributed by atoms with Gasteiger partial charge in [-0.05, 0) is 54.8 Å². The maximum Gasteiger partial charge on any atom is 0.246 e. The van der Waals surface area contributed by atoms with Crippen molar-refractivity contribution in [2.45, 2.75) is 31.1 Å². The highest BCUT2D eigenvalue weighted by Crippen LogP contribution is 2.65. The van der Waals surface area contributed by atoms with Crippen LogP contribution in [0.3, 0.4) is 0 Å². The molecule has 4 aliphatic rings. The number of phenols is 1. The molecule has 6 atom stereocenters. The SMILES string of the molecule is CCN1C(=O)[C@H]2[C@H](CC=C3[C@H]2C[C@H]2C(=O)N(c4cccc(Cl)c4)C(=O)[C@@]2(c2ccccc2)[C@H]3c2ccc3ccccc3c2O)C1=O. The minimum Gasteiger partial charge on any atom is -0.507 e. The Balaban J connectivity index is 1.43. The van der Waals surface area contributed by atoms with Crippen molar-refractivity contribution in [3.8, 4) is 5.75 Å². The van der Waals surface area contributed by atoms with Crippen molar-refractivity contribution in [3.05, 3.63) is 119 Å². The lowest BCUT2D eigenvalue weighted by molar-refractivity contribution is -0.140. The molecule has 46 heavy (non-hydrogen) atoms. The zero-order valence-electron chi connectivity index (χ0n) is 25.1. The highest BCUT2D eigenvalue weighted by molar-refractivity contribution is 6.32. The van der Waals surface area contributed by atoms with Crippen LogP contribution in [0.4, 0.5) is 5.69 Å². The fourth-order valence-electron chi connectivity index (χ4n) is 8.97. The number of hydrogen-bond donors (Lipinski definition) is 1. The quantitative estimate of drug-likeness (QED) is 0.209. The number of amides is 4. The first kappa shape index (κ1) is 28.7. The molecule has 0 radical (unpaired) electrons. The lowest BCUT2D eigenvalue weighted by atomic mass is 9.49. The first-order chi connectivity index (χ1) is 22.3. The van der Waals surface area contributed by atoms with Gasteiger partial charge >= 0.3 is 0 Å². The number of anilines is 1. The number of allylic oxidation sites excluding steroid dienone is 2. The van der Waals surface area contributed by atoms with Gasteiger partial charge in [0.05, 0.1) is 28.9 Å². The smallest absolute Gasteiger partial charge is 0.246 e. The number of carbonyl (C=O) groups is 4. The maximum absolute atomic E-state index is 15.3. The van der Waals surface area contributed by atoms with Gasteiger partial charge in [0.2, 0.25) is 23.6 Å². The van der Waals surface area contributed by atoms with Crippen molar-refractivity contribution in [1.29, 1.82) is 0 Å². The van der Waals surface area contributed by atoms with Gasteiger partial charge in [-0.25, -0.2) is 4.90 Å². The average molecular weight is 631 g/mol. The number of aromatic hydroxyl groups is 1. The van der Waals surface area contributed by atoms with Gasteiger partial charge in [0.1, 0.15) is 5.75 Å². The summed E-state index contributed by atoms with van der Waals surface area (Å²) in [6.07, 6.45) is 2.57. The number of hydrogen-bond acceptors (Lipinski definition) is 5. The van der Waals surface area contributed by atoms with E-state index < -0.39 is 40.9 Å². The van der Waals surface area contributed by atoms with E-state index >= 15 is 4.79 Å². The molecule has 0 unspecified atom stereocenters. The highest BCUT2D eigenvalue weighted by Gasteiger charge is 2.70. The van der Waals surface area contributed by atoms with Crippen LogP contribution < -0.4 is 4.90 Å². The summed E-state index contributed by atoms with van der Waals surface area (Å²) in [5.74, 6) is -4.47. The molecule has 8 rings (SSSR count). The number of phenolic OH excluding ortho intramolecular Hbond substituents is 1. The number of halogens is 1. The number of likely N-dealkylation sites (tertiary alicyclic amines) is 1. The second-order valence-electron chi connectivity index (χ2n) is 12.7. The largest absolute Gasteiger partial charge is 0.507 e. The third-order valence-corrected chi connectivity index (χ3v) is 11.1. The van der Waals surface area contributed by atoms with Gasteiger partial charge in [-0.1, -0.05) is 96.0 Å². The van der Waals surface area contributed by atoms with Crippen LogP contribution in [0.5, 0.6) is 5.75 Å². The Morgan fingerprint density at radius 3 is 2.37 bits per heavy atom. The topological polar surface area (TPSA) is 95.0 Å². The monoisotopic (exact) mass is 630 g/mol. The first-order valence-corrected chi connectivity index (χ1v) is 16.1. The number of rotatable bonds is 4. The number of nitrogens with zero attached hydrogens (tertiary/aromatic N) is 2. The summed E-state index contributed by atoms with van der Waals surface area (Å²) in [5.41, 5.74) is 0.922. The molecule has 8 heteroatoms. The zero-order chi connectivity index (χ0) is 31.9. The van der Waals surface area contributed by atoms with Crippen molar-refractivity contribution in [2.75, 3.05) is 11.4 Å². The molecule has 2 aliphatic heterocycles. The van der Waals surface area contributed by atoms with Crippen LogP contribution in [0.1, 0.15) is 36.8 Å². The van der Waals surface area contributed by atoms with Gasteiger partial charge in [0.25, 0.3) is 0 Å².